The Labute approximate surface area is 56.5 Å². The fraction of sp³-hybridized carbons (Fsp3) is 1.00. The molecule has 0 saturated carbocycles. The monoisotopic (exact) mass is 176 g/mol. The molecule has 5 nitrogen and oxygen atoms in total. The maximum atomic E-state index is 9.84. The number of hydrogen-bond donors (Lipinski definition) is 3. The van der Waals surface area contributed by atoms with E-state index in [4.69, 9.17) is 26.5 Å². The largest absolute Gasteiger partial charge is 0.469 e. The smallest absolute Gasteiger partial charge is 0.375 e. The third-order valence-corrected chi connectivity index (χ3v) is 0.992. The lowest BCUT2D eigenvalue weighted by molar-refractivity contribution is 0.131. The van der Waals surface area contributed by atoms with Crippen LogP contribution in [0.2, 0.25) is 0 Å². The number of phosphoric ester groups is 1. The van der Waals surface area contributed by atoms with Crippen molar-refractivity contribution in [2.75, 3.05) is 6.61 Å². The predicted molar refractivity (Wildman–Crippen MR) is 29.9 cm³/mol. The fourth-order valence-corrected chi connectivity index (χ4v) is 0.645. The van der Waals surface area contributed by atoms with Gasteiger partial charge < -0.3 is 14.9 Å². The topological polar surface area (TPSA) is 87.0 Å². The molecule has 0 aliphatic rings. The lowest BCUT2D eigenvalue weighted by Crippen LogP contribution is -2.05. The number of aliphatic hydroxyl groups is 1. The molecular weight excluding hydrogens is 170 g/mol. The van der Waals surface area contributed by atoms with Crippen molar-refractivity contribution >= 4 is 19.4 Å². The second-order valence-electron chi connectivity index (χ2n) is 1.22. The quantitative estimate of drug-likeness (QED) is 0.404. The molecule has 1 atom stereocenters. The van der Waals surface area contributed by atoms with Crippen molar-refractivity contribution in [1.29, 1.82) is 0 Å². The summed E-state index contributed by atoms with van der Waals surface area (Å²) in [6, 6.07) is 0. The molecule has 9 heavy (non-hydrogen) atoms. The van der Waals surface area contributed by atoms with Crippen LogP contribution in [-0.2, 0) is 9.09 Å². The number of hydrogen-bond acceptors (Lipinski definition) is 3. The molecule has 0 radical (unpaired) electrons. The number of halogens is 1. The summed E-state index contributed by atoms with van der Waals surface area (Å²) in [5.74, 6) is 0. The van der Waals surface area contributed by atoms with Gasteiger partial charge in [-0.05, 0) is 0 Å². The molecule has 0 aliphatic heterocycles. The first-order valence-electron chi connectivity index (χ1n) is 1.94. The van der Waals surface area contributed by atoms with E-state index in [9.17, 15) is 4.57 Å². The van der Waals surface area contributed by atoms with Gasteiger partial charge in [-0.1, -0.05) is 11.6 Å². The zero-order chi connectivity index (χ0) is 7.49. The minimum Gasteiger partial charge on any atom is -0.375 e. The van der Waals surface area contributed by atoms with Crippen LogP contribution in [0.4, 0.5) is 0 Å². The number of alkyl halides is 1. The molecule has 56 valence electrons. The Morgan fingerprint density at radius 3 is 2.22 bits per heavy atom. The van der Waals surface area contributed by atoms with Crippen molar-refractivity contribution in [2.24, 2.45) is 0 Å². The molecular formula is C2H6ClO5P. The first-order valence-corrected chi connectivity index (χ1v) is 3.91. The summed E-state index contributed by atoms with van der Waals surface area (Å²) in [4.78, 5) is 16.0. The summed E-state index contributed by atoms with van der Waals surface area (Å²) in [6.07, 6.45) is 0. The van der Waals surface area contributed by atoms with Gasteiger partial charge in [-0.15, -0.1) is 0 Å². The summed E-state index contributed by atoms with van der Waals surface area (Å²) in [5.41, 5.74) is -1.38. The van der Waals surface area contributed by atoms with E-state index in [0.29, 0.717) is 0 Å². The highest BCUT2D eigenvalue weighted by Crippen LogP contribution is 2.35. The van der Waals surface area contributed by atoms with Crippen molar-refractivity contribution in [3.8, 4) is 0 Å². The molecule has 0 aromatic heterocycles. The second-order valence-corrected chi connectivity index (χ2v) is 2.96. The van der Waals surface area contributed by atoms with Crippen LogP contribution in [0.25, 0.3) is 0 Å². The van der Waals surface area contributed by atoms with E-state index in [1.165, 1.54) is 0 Å². The first-order chi connectivity index (χ1) is 3.92. The molecule has 0 fully saturated rings. The molecule has 0 rings (SSSR count). The highest BCUT2D eigenvalue weighted by atomic mass is 35.5. The third kappa shape index (κ3) is 8.36. The molecule has 0 saturated heterocycles. The van der Waals surface area contributed by atoms with Crippen LogP contribution in [0.5, 0.6) is 0 Å². The molecule has 0 aromatic rings. The molecule has 0 aliphatic carbocycles. The van der Waals surface area contributed by atoms with Gasteiger partial charge in [0.2, 0.25) is 0 Å². The summed E-state index contributed by atoms with van der Waals surface area (Å²) in [7, 11) is -4.46. The number of rotatable bonds is 3. The van der Waals surface area contributed by atoms with Crippen LogP contribution in [0.1, 0.15) is 0 Å². The van der Waals surface area contributed by atoms with Gasteiger partial charge in [0.25, 0.3) is 0 Å². The van der Waals surface area contributed by atoms with Gasteiger partial charge in [-0.25, -0.2) is 4.57 Å². The Balaban J connectivity index is 3.40. The van der Waals surface area contributed by atoms with Crippen molar-refractivity contribution in [2.45, 2.75) is 5.56 Å². The highest BCUT2D eigenvalue weighted by Gasteiger charge is 2.14. The Kier molecular flexibility index (Phi) is 3.65. The van der Waals surface area contributed by atoms with E-state index in [2.05, 4.69) is 4.52 Å². The van der Waals surface area contributed by atoms with E-state index in [-0.39, 0.29) is 0 Å². The minimum atomic E-state index is -4.46. The van der Waals surface area contributed by atoms with Gasteiger partial charge in [0.15, 0.2) is 5.56 Å². The fourth-order valence-electron chi connectivity index (χ4n) is 0.159. The third-order valence-electron chi connectivity index (χ3n) is 0.380. The first kappa shape index (κ1) is 9.36. The molecule has 0 aromatic carbocycles. The molecule has 0 bridgehead atoms. The Morgan fingerprint density at radius 2 is 2.11 bits per heavy atom. The molecule has 1 unspecified atom stereocenters. The van der Waals surface area contributed by atoms with Crippen LogP contribution in [0, 0.1) is 0 Å². The minimum absolute atomic E-state index is 0.578. The predicted octanol–water partition coefficient (Wildman–Crippen LogP) is -0.347. The van der Waals surface area contributed by atoms with Gasteiger partial charge in [0, 0.05) is 0 Å². The molecule has 3 N–H and O–H groups in total. The average Bonchev–Trinajstić information content (AvgIpc) is 1.59. The second kappa shape index (κ2) is 3.51. The lowest BCUT2D eigenvalue weighted by Gasteiger charge is -2.04. The van der Waals surface area contributed by atoms with E-state index in [1.54, 1.807) is 0 Å². The van der Waals surface area contributed by atoms with Gasteiger partial charge in [-0.2, -0.15) is 0 Å². The van der Waals surface area contributed by atoms with Gasteiger partial charge >= 0.3 is 7.82 Å². The summed E-state index contributed by atoms with van der Waals surface area (Å²) < 4.78 is 13.6. The van der Waals surface area contributed by atoms with Crippen molar-refractivity contribution < 1.29 is 24.0 Å². The molecule has 7 heteroatoms. The normalized spacial score (nSPS) is 15.6. The van der Waals surface area contributed by atoms with Gasteiger partial charge in [0.1, 0.15) is 0 Å². The molecule has 0 spiro atoms. The Morgan fingerprint density at radius 1 is 1.67 bits per heavy atom. The Hall–Kier alpha value is 0.360. The van der Waals surface area contributed by atoms with Crippen LogP contribution in [0.15, 0.2) is 0 Å². The van der Waals surface area contributed by atoms with E-state index >= 15 is 0 Å². The van der Waals surface area contributed by atoms with Gasteiger partial charge in [-0.3, -0.25) is 4.52 Å². The molecule has 0 amide bonds. The highest BCUT2D eigenvalue weighted by molar-refractivity contribution is 7.46. The molecule has 0 heterocycles. The summed E-state index contributed by atoms with van der Waals surface area (Å²) >= 11 is 4.87. The van der Waals surface area contributed by atoms with Crippen LogP contribution < -0.4 is 0 Å². The SMILES string of the molecule is O=P(O)(O)OCC(O)Cl. The van der Waals surface area contributed by atoms with E-state index in [0.717, 1.165) is 0 Å². The maximum Gasteiger partial charge on any atom is 0.469 e. The van der Waals surface area contributed by atoms with Crippen LogP contribution >= 0.6 is 19.4 Å². The van der Waals surface area contributed by atoms with Crippen LogP contribution in [-0.4, -0.2) is 27.1 Å². The number of aliphatic hydroxyl groups excluding tert-OH is 1. The lowest BCUT2D eigenvalue weighted by atomic mass is 10.8. The van der Waals surface area contributed by atoms with Crippen molar-refractivity contribution in [3.63, 3.8) is 0 Å². The van der Waals surface area contributed by atoms with Gasteiger partial charge in [0.05, 0.1) is 6.61 Å². The standard InChI is InChI=1S/C2H6ClO5P/c3-2(4)1-8-9(5,6)7/h2,4H,1H2,(H2,5,6,7). The summed E-state index contributed by atoms with van der Waals surface area (Å²) in [6.45, 7) is -0.578. The van der Waals surface area contributed by atoms with E-state index < -0.39 is 20.0 Å². The zero-order valence-corrected chi connectivity index (χ0v) is 5.92. The van der Waals surface area contributed by atoms with Crippen molar-refractivity contribution in [3.05, 3.63) is 0 Å². The van der Waals surface area contributed by atoms with Crippen LogP contribution in [0.3, 0.4) is 0 Å². The number of phosphoric acid groups is 1. The summed E-state index contributed by atoms with van der Waals surface area (Å²) in [5, 5.41) is 8.21. The average molecular weight is 176 g/mol. The van der Waals surface area contributed by atoms with E-state index in [1.807, 2.05) is 0 Å². The maximum absolute atomic E-state index is 9.84. The van der Waals surface area contributed by atoms with Crippen molar-refractivity contribution in [1.82, 2.24) is 0 Å². The Bertz CT molecular complexity index is 118. The zero-order valence-electron chi connectivity index (χ0n) is 4.27.